The summed E-state index contributed by atoms with van der Waals surface area (Å²) in [5.74, 6) is 0.120. The topological polar surface area (TPSA) is 29.5 Å². The van der Waals surface area contributed by atoms with E-state index in [-0.39, 0.29) is 11.8 Å². The quantitative estimate of drug-likeness (QED) is 0.253. The van der Waals surface area contributed by atoms with E-state index in [0.29, 0.717) is 6.42 Å². The van der Waals surface area contributed by atoms with Crippen LogP contribution in [0.4, 0.5) is 5.69 Å². The van der Waals surface area contributed by atoms with Crippen LogP contribution in [0.5, 0.6) is 0 Å². The van der Waals surface area contributed by atoms with Crippen molar-refractivity contribution in [3.05, 3.63) is 88.6 Å². The van der Waals surface area contributed by atoms with Crippen LogP contribution in [0.1, 0.15) is 27.7 Å². The van der Waals surface area contributed by atoms with Gasteiger partial charge in [0, 0.05) is 16.9 Å². The van der Waals surface area contributed by atoms with Crippen molar-refractivity contribution in [3.63, 3.8) is 0 Å². The Bertz CT molecular complexity index is 845. The van der Waals surface area contributed by atoms with Crippen LogP contribution in [0.3, 0.4) is 0 Å². The lowest BCUT2D eigenvalue weighted by Gasteiger charge is -2.36. The summed E-state index contributed by atoms with van der Waals surface area (Å²) in [5, 5.41) is 4.01. The molecule has 5 heteroatoms. The molecular weight excluding hydrogens is 370 g/mol. The van der Waals surface area contributed by atoms with Crippen LogP contribution in [0, 0.1) is 0 Å². The Kier molecular flexibility index (Phi) is 6.26. The smallest absolute Gasteiger partial charge is 0.220 e. The SMILES string of the molecule is C[Si](C)(C)ON(c1ccccc1)C(CC(=O)c1ccccc1)c1cccs1. The summed E-state index contributed by atoms with van der Waals surface area (Å²) < 4.78 is 6.47. The van der Waals surface area contributed by atoms with Crippen LogP contribution in [0.25, 0.3) is 0 Å². The number of nitrogens with zero attached hydrogens (tertiary/aromatic N) is 1. The van der Waals surface area contributed by atoms with Gasteiger partial charge in [0.15, 0.2) is 5.78 Å². The number of para-hydroxylation sites is 1. The van der Waals surface area contributed by atoms with E-state index in [2.05, 4.69) is 25.7 Å². The molecule has 0 spiro atoms. The summed E-state index contributed by atoms with van der Waals surface area (Å²) in [4.78, 5) is 14.1. The highest BCUT2D eigenvalue weighted by Gasteiger charge is 2.30. The zero-order valence-corrected chi connectivity index (χ0v) is 17.8. The lowest BCUT2D eigenvalue weighted by Crippen LogP contribution is -2.40. The van der Waals surface area contributed by atoms with Crippen LogP contribution in [-0.2, 0) is 4.53 Å². The maximum absolute atomic E-state index is 13.0. The number of carbonyl (C=O) groups excluding carboxylic acids is 1. The van der Waals surface area contributed by atoms with Crippen LogP contribution in [-0.4, -0.2) is 14.1 Å². The van der Waals surface area contributed by atoms with Gasteiger partial charge in [0.2, 0.25) is 8.32 Å². The van der Waals surface area contributed by atoms with E-state index in [1.165, 1.54) is 0 Å². The van der Waals surface area contributed by atoms with Gasteiger partial charge in [-0.15, -0.1) is 11.3 Å². The Labute approximate surface area is 166 Å². The number of Topliss-reactive ketones (excluding diaryl/α,β-unsaturated/α-hetero) is 1. The number of hydroxylamine groups is 1. The summed E-state index contributed by atoms with van der Waals surface area (Å²) >= 11 is 1.66. The molecule has 2 aromatic carbocycles. The molecule has 140 valence electrons. The molecule has 0 N–H and O–H groups in total. The molecule has 0 fully saturated rings. The molecule has 27 heavy (non-hydrogen) atoms. The lowest BCUT2D eigenvalue weighted by molar-refractivity contribution is 0.0954. The van der Waals surface area contributed by atoms with Gasteiger partial charge in [-0.1, -0.05) is 54.6 Å². The number of hydrogen-bond donors (Lipinski definition) is 0. The third-order valence-corrected chi connectivity index (χ3v) is 5.73. The first-order chi connectivity index (χ1) is 12.9. The largest absolute Gasteiger partial charge is 0.320 e. The van der Waals surface area contributed by atoms with E-state index in [0.717, 1.165) is 16.1 Å². The maximum Gasteiger partial charge on any atom is 0.220 e. The Morgan fingerprint density at radius 1 is 0.963 bits per heavy atom. The minimum absolute atomic E-state index is 0.120. The second kappa shape index (κ2) is 8.65. The monoisotopic (exact) mass is 395 g/mol. The molecule has 0 amide bonds. The average Bonchev–Trinajstić information content (AvgIpc) is 3.19. The third-order valence-electron chi connectivity index (χ3n) is 4.01. The van der Waals surface area contributed by atoms with E-state index in [1.807, 2.05) is 77.2 Å². The fraction of sp³-hybridized carbons (Fsp3) is 0.227. The van der Waals surface area contributed by atoms with Gasteiger partial charge in [-0.25, -0.2) is 0 Å². The minimum atomic E-state index is -1.89. The normalized spacial score (nSPS) is 12.6. The zero-order valence-electron chi connectivity index (χ0n) is 16.0. The third kappa shape index (κ3) is 5.39. The molecule has 0 bridgehead atoms. The highest BCUT2D eigenvalue weighted by molar-refractivity contribution is 7.10. The molecule has 0 radical (unpaired) electrons. The van der Waals surface area contributed by atoms with Gasteiger partial charge in [0.05, 0.1) is 11.7 Å². The number of carbonyl (C=O) groups is 1. The molecule has 0 saturated carbocycles. The van der Waals surface area contributed by atoms with Gasteiger partial charge in [0.1, 0.15) is 0 Å². The first-order valence-corrected chi connectivity index (χ1v) is 13.4. The van der Waals surface area contributed by atoms with Crippen LogP contribution >= 0.6 is 11.3 Å². The van der Waals surface area contributed by atoms with Crippen molar-refractivity contribution in [2.24, 2.45) is 0 Å². The van der Waals surface area contributed by atoms with E-state index in [4.69, 9.17) is 4.53 Å². The van der Waals surface area contributed by atoms with E-state index in [9.17, 15) is 4.79 Å². The number of hydrogen-bond acceptors (Lipinski definition) is 4. The molecular formula is C22H25NO2SSi. The van der Waals surface area contributed by atoms with Crippen molar-refractivity contribution < 1.29 is 9.32 Å². The summed E-state index contributed by atoms with van der Waals surface area (Å²) in [6, 6.07) is 23.5. The fourth-order valence-corrected chi connectivity index (χ4v) is 4.49. The number of rotatable bonds is 8. The van der Waals surface area contributed by atoms with Gasteiger partial charge in [0.25, 0.3) is 0 Å². The molecule has 0 aliphatic rings. The van der Waals surface area contributed by atoms with Crippen LogP contribution < -0.4 is 5.06 Å². The summed E-state index contributed by atoms with van der Waals surface area (Å²) in [7, 11) is -1.89. The molecule has 0 aliphatic carbocycles. The molecule has 1 heterocycles. The highest BCUT2D eigenvalue weighted by Crippen LogP contribution is 2.35. The van der Waals surface area contributed by atoms with Crippen molar-refractivity contribution in [2.75, 3.05) is 5.06 Å². The average molecular weight is 396 g/mol. The number of benzene rings is 2. The standard InChI is InChI=1S/C22H25NO2SSi/c1-27(2,3)25-23(19-13-8-5-9-14-19)20(22-15-10-16-26-22)17-21(24)18-11-6-4-7-12-18/h4-16,20H,17H2,1-3H3. The van der Waals surface area contributed by atoms with Crippen molar-refractivity contribution >= 4 is 31.1 Å². The fourth-order valence-electron chi connectivity index (χ4n) is 2.86. The maximum atomic E-state index is 13.0. The molecule has 3 rings (SSSR count). The molecule has 0 aliphatic heterocycles. The Balaban J connectivity index is 1.97. The van der Waals surface area contributed by atoms with E-state index in [1.54, 1.807) is 11.3 Å². The molecule has 0 saturated heterocycles. The van der Waals surface area contributed by atoms with Crippen molar-refractivity contribution in [3.8, 4) is 0 Å². The summed E-state index contributed by atoms with van der Waals surface area (Å²) in [6.07, 6.45) is 0.365. The second-order valence-electron chi connectivity index (χ2n) is 7.39. The molecule has 1 unspecified atom stereocenters. The van der Waals surface area contributed by atoms with Gasteiger partial charge < -0.3 is 4.53 Å². The van der Waals surface area contributed by atoms with Crippen LogP contribution in [0.15, 0.2) is 78.2 Å². The predicted molar refractivity (Wildman–Crippen MR) is 116 cm³/mol. The van der Waals surface area contributed by atoms with Crippen molar-refractivity contribution in [2.45, 2.75) is 32.1 Å². The molecule has 1 atom stereocenters. The minimum Gasteiger partial charge on any atom is -0.320 e. The predicted octanol–water partition coefficient (Wildman–Crippen LogP) is 6.34. The summed E-state index contributed by atoms with van der Waals surface area (Å²) in [5.41, 5.74) is 1.71. The molecule has 1 aromatic heterocycles. The van der Waals surface area contributed by atoms with E-state index >= 15 is 0 Å². The molecule has 3 nitrogen and oxygen atoms in total. The second-order valence-corrected chi connectivity index (χ2v) is 12.8. The number of thiophene rings is 1. The van der Waals surface area contributed by atoms with Gasteiger partial charge in [-0.3, -0.25) is 9.86 Å². The van der Waals surface area contributed by atoms with Crippen LogP contribution in [0.2, 0.25) is 19.6 Å². The Morgan fingerprint density at radius 2 is 1.59 bits per heavy atom. The van der Waals surface area contributed by atoms with Crippen molar-refractivity contribution in [1.82, 2.24) is 0 Å². The Hall–Kier alpha value is -2.21. The first-order valence-electron chi connectivity index (χ1n) is 9.09. The van der Waals surface area contributed by atoms with E-state index < -0.39 is 8.32 Å². The first kappa shape index (κ1) is 19.5. The highest BCUT2D eigenvalue weighted by atomic mass is 32.1. The number of anilines is 1. The zero-order chi connectivity index (χ0) is 19.3. The number of ketones is 1. The van der Waals surface area contributed by atoms with Gasteiger partial charge in [-0.2, -0.15) is 0 Å². The summed E-state index contributed by atoms with van der Waals surface area (Å²) in [6.45, 7) is 6.48. The Morgan fingerprint density at radius 3 is 2.15 bits per heavy atom. The van der Waals surface area contributed by atoms with Crippen molar-refractivity contribution in [1.29, 1.82) is 0 Å². The molecule has 3 aromatic rings. The van der Waals surface area contributed by atoms with Gasteiger partial charge >= 0.3 is 0 Å². The van der Waals surface area contributed by atoms with Gasteiger partial charge in [-0.05, 0) is 43.2 Å². The lowest BCUT2D eigenvalue weighted by atomic mass is 10.0.